The van der Waals surface area contributed by atoms with Crippen LogP contribution in [0.4, 0.5) is 0 Å². The van der Waals surface area contributed by atoms with Crippen LogP contribution in [0.15, 0.2) is 54.6 Å². The molecule has 2 aromatic rings. The molecule has 0 bridgehead atoms. The number of nitrogens with one attached hydrogen (secondary N) is 2. The molecule has 2 rings (SSSR count). The molecule has 0 saturated carbocycles. The summed E-state index contributed by atoms with van der Waals surface area (Å²) in [6.45, 7) is 5.74. The number of carboxylic acid groups (broad SMARTS) is 1. The van der Waals surface area contributed by atoms with E-state index in [0.29, 0.717) is 18.6 Å². The van der Waals surface area contributed by atoms with Gasteiger partial charge in [0, 0.05) is 6.42 Å². The zero-order valence-electron chi connectivity index (χ0n) is 20.2. The number of aromatic hydroxyl groups is 1. The molecule has 0 aromatic heterocycles. The van der Waals surface area contributed by atoms with E-state index < -0.39 is 41.2 Å². The van der Waals surface area contributed by atoms with Gasteiger partial charge in [-0.3, -0.25) is 9.59 Å². The van der Waals surface area contributed by atoms with Crippen LogP contribution >= 0.6 is 12.6 Å². The molecule has 0 aliphatic rings. The van der Waals surface area contributed by atoms with Crippen molar-refractivity contribution in [3.8, 4) is 5.75 Å². The molecule has 0 heterocycles. The lowest BCUT2D eigenvalue weighted by Gasteiger charge is -2.28. The van der Waals surface area contributed by atoms with Gasteiger partial charge in [-0.1, -0.05) is 62.7 Å². The molecule has 9 heteroatoms. The number of hydrogen-bond donors (Lipinski definition) is 5. The minimum atomic E-state index is -1.20. The van der Waals surface area contributed by atoms with Crippen molar-refractivity contribution >= 4 is 30.4 Å². The number of phenols is 1. The number of aliphatic carboxylic acids is 1. The summed E-state index contributed by atoms with van der Waals surface area (Å²) < 4.78 is 5.78. The molecule has 2 aromatic carbocycles. The predicted octanol–water partition coefficient (Wildman–Crippen LogP) is 2.94. The molecule has 8 nitrogen and oxygen atoms in total. The van der Waals surface area contributed by atoms with Gasteiger partial charge in [-0.25, -0.2) is 4.79 Å². The first-order valence-electron chi connectivity index (χ1n) is 11.6. The SMILES string of the molecule is CC[C@H](C)[C@H](NC(=O)[C@@H](S)C(C)OCc1ccccc1)C(=O)N[C@@H](Cc1ccc(O)cc1)C(=O)O. The van der Waals surface area contributed by atoms with Crippen LogP contribution in [-0.4, -0.2) is 51.4 Å². The largest absolute Gasteiger partial charge is 0.508 e. The predicted molar refractivity (Wildman–Crippen MR) is 136 cm³/mol. The minimum Gasteiger partial charge on any atom is -0.508 e. The Morgan fingerprint density at radius 2 is 1.57 bits per heavy atom. The molecule has 0 aliphatic heterocycles. The van der Waals surface area contributed by atoms with Crippen molar-refractivity contribution < 1.29 is 29.3 Å². The second kappa shape index (κ2) is 13.7. The van der Waals surface area contributed by atoms with E-state index in [1.54, 1.807) is 19.1 Å². The number of hydrogen-bond acceptors (Lipinski definition) is 6. The fourth-order valence-electron chi connectivity index (χ4n) is 3.38. The Balaban J connectivity index is 2.02. The second-order valence-electron chi connectivity index (χ2n) is 8.59. The fraction of sp³-hybridized carbons (Fsp3) is 0.423. The highest BCUT2D eigenvalue weighted by molar-refractivity contribution is 7.81. The summed E-state index contributed by atoms with van der Waals surface area (Å²) in [4.78, 5) is 37.7. The van der Waals surface area contributed by atoms with Gasteiger partial charge >= 0.3 is 5.97 Å². The first kappa shape index (κ1) is 28.2. The van der Waals surface area contributed by atoms with E-state index >= 15 is 0 Å². The average Bonchev–Trinajstić information content (AvgIpc) is 2.85. The zero-order chi connectivity index (χ0) is 26.0. The molecular weight excluding hydrogens is 468 g/mol. The number of ether oxygens (including phenoxy) is 1. The number of thiol groups is 1. The Morgan fingerprint density at radius 1 is 0.943 bits per heavy atom. The standard InChI is InChI=1S/C26H34N2O6S/c1-4-16(2)22(24(30)27-21(26(32)33)14-18-10-12-20(29)13-11-18)28-25(31)23(35)17(3)34-15-19-8-6-5-7-9-19/h5-13,16-17,21-23,29,35H,4,14-15H2,1-3H3,(H,27,30)(H,28,31)(H,32,33)/t16-,17?,21-,22-,23-/m0/s1. The van der Waals surface area contributed by atoms with Crippen LogP contribution in [-0.2, 0) is 32.1 Å². The quantitative estimate of drug-likeness (QED) is 0.268. The Labute approximate surface area is 211 Å². The number of benzene rings is 2. The number of carboxylic acids is 1. The summed E-state index contributed by atoms with van der Waals surface area (Å²) in [7, 11) is 0. The van der Waals surface area contributed by atoms with E-state index in [2.05, 4.69) is 23.3 Å². The highest BCUT2D eigenvalue weighted by Crippen LogP contribution is 2.15. The van der Waals surface area contributed by atoms with Gasteiger partial charge in [-0.2, -0.15) is 12.6 Å². The molecule has 0 fully saturated rings. The summed E-state index contributed by atoms with van der Waals surface area (Å²) in [5.74, 6) is -2.44. The number of phenolic OH excluding ortho intramolecular Hbond substituents is 1. The van der Waals surface area contributed by atoms with Crippen LogP contribution in [0.5, 0.6) is 5.75 Å². The van der Waals surface area contributed by atoms with Crippen LogP contribution in [0, 0.1) is 5.92 Å². The normalized spacial score (nSPS) is 15.3. The molecule has 0 saturated heterocycles. The lowest BCUT2D eigenvalue weighted by Crippen LogP contribution is -2.56. The molecule has 190 valence electrons. The van der Waals surface area contributed by atoms with Gasteiger partial charge in [0.25, 0.3) is 0 Å². The van der Waals surface area contributed by atoms with Crippen molar-refractivity contribution in [2.75, 3.05) is 0 Å². The van der Waals surface area contributed by atoms with E-state index in [4.69, 9.17) is 4.74 Å². The smallest absolute Gasteiger partial charge is 0.326 e. The van der Waals surface area contributed by atoms with Crippen molar-refractivity contribution in [2.24, 2.45) is 5.92 Å². The van der Waals surface area contributed by atoms with Crippen LogP contribution in [0.2, 0.25) is 0 Å². The van der Waals surface area contributed by atoms with Crippen LogP contribution in [0.1, 0.15) is 38.3 Å². The summed E-state index contributed by atoms with van der Waals surface area (Å²) in [6.07, 6.45) is 0.0911. The van der Waals surface area contributed by atoms with E-state index in [1.807, 2.05) is 44.2 Å². The number of rotatable bonds is 13. The van der Waals surface area contributed by atoms with Gasteiger partial charge in [0.15, 0.2) is 0 Å². The molecule has 5 atom stereocenters. The maximum Gasteiger partial charge on any atom is 0.326 e. The number of carbonyl (C=O) groups is 3. The fourth-order valence-corrected chi connectivity index (χ4v) is 3.54. The van der Waals surface area contributed by atoms with Crippen LogP contribution in [0.25, 0.3) is 0 Å². The monoisotopic (exact) mass is 502 g/mol. The lowest BCUT2D eigenvalue weighted by molar-refractivity contribution is -0.142. The highest BCUT2D eigenvalue weighted by atomic mass is 32.1. The number of amides is 2. The first-order valence-corrected chi connectivity index (χ1v) is 12.1. The summed E-state index contributed by atoms with van der Waals surface area (Å²) in [5, 5.41) is 23.5. The van der Waals surface area contributed by atoms with Crippen molar-refractivity contribution in [3.05, 3.63) is 65.7 Å². The minimum absolute atomic E-state index is 0.0298. The van der Waals surface area contributed by atoms with Crippen LogP contribution in [0.3, 0.4) is 0 Å². The zero-order valence-corrected chi connectivity index (χ0v) is 21.1. The maximum atomic E-state index is 13.1. The third-order valence-electron chi connectivity index (χ3n) is 5.85. The van der Waals surface area contributed by atoms with Crippen molar-refractivity contribution in [2.45, 2.75) is 63.7 Å². The lowest BCUT2D eigenvalue weighted by atomic mass is 9.97. The summed E-state index contributed by atoms with van der Waals surface area (Å²) in [6, 6.07) is 13.5. The van der Waals surface area contributed by atoms with Gasteiger partial charge < -0.3 is 25.6 Å². The van der Waals surface area contributed by atoms with Gasteiger partial charge in [-0.05, 0) is 36.1 Å². The van der Waals surface area contributed by atoms with Crippen molar-refractivity contribution in [1.29, 1.82) is 0 Å². The number of carbonyl (C=O) groups excluding carboxylic acids is 2. The molecular formula is C26H34N2O6S. The van der Waals surface area contributed by atoms with Gasteiger partial charge in [0.2, 0.25) is 11.8 Å². The molecule has 0 spiro atoms. The molecule has 4 N–H and O–H groups in total. The summed E-state index contributed by atoms with van der Waals surface area (Å²) >= 11 is 4.40. The Morgan fingerprint density at radius 3 is 2.14 bits per heavy atom. The Hall–Kier alpha value is -3.04. The third kappa shape index (κ3) is 8.92. The third-order valence-corrected chi connectivity index (χ3v) is 6.51. The van der Waals surface area contributed by atoms with E-state index in [9.17, 15) is 24.6 Å². The Bertz CT molecular complexity index is 970. The summed E-state index contributed by atoms with van der Waals surface area (Å²) in [5.41, 5.74) is 1.60. The average molecular weight is 503 g/mol. The van der Waals surface area contributed by atoms with Gasteiger partial charge in [-0.15, -0.1) is 0 Å². The molecule has 0 aliphatic carbocycles. The molecule has 2 amide bonds. The molecule has 35 heavy (non-hydrogen) atoms. The van der Waals surface area contributed by atoms with Gasteiger partial charge in [0.05, 0.1) is 12.7 Å². The second-order valence-corrected chi connectivity index (χ2v) is 9.14. The van der Waals surface area contributed by atoms with Crippen molar-refractivity contribution in [1.82, 2.24) is 10.6 Å². The molecule has 1 unspecified atom stereocenters. The van der Waals surface area contributed by atoms with Crippen LogP contribution < -0.4 is 10.6 Å². The highest BCUT2D eigenvalue weighted by Gasteiger charge is 2.32. The van der Waals surface area contributed by atoms with Gasteiger partial charge in [0.1, 0.15) is 23.1 Å². The van der Waals surface area contributed by atoms with Crippen molar-refractivity contribution in [3.63, 3.8) is 0 Å². The van der Waals surface area contributed by atoms with E-state index in [0.717, 1.165) is 5.56 Å². The maximum absolute atomic E-state index is 13.1. The first-order chi connectivity index (χ1) is 16.6. The topological polar surface area (TPSA) is 125 Å². The van der Waals surface area contributed by atoms with E-state index in [1.165, 1.54) is 12.1 Å². The Kier molecular flexibility index (Phi) is 11.1. The van der Waals surface area contributed by atoms with E-state index in [-0.39, 0.29) is 18.1 Å². The molecule has 0 radical (unpaired) electrons.